The second-order valence-corrected chi connectivity index (χ2v) is 9.99. The lowest BCUT2D eigenvalue weighted by atomic mass is 9.82. The predicted octanol–water partition coefficient (Wildman–Crippen LogP) is 7.01. The average molecular weight is 479 g/mol. The first-order valence-electron chi connectivity index (χ1n) is 10.2. The molecular weight excluding hydrogens is 451 g/mol. The standard InChI is InChI=1S/C24H28ClFN2OS2/c1-4-5-6-7-23(28(3)29)24(18-11-13-30-16-18)15-17(2)21(10-12-27-24)31-22-9-8-19(26)14-20(22)25/h5-9,11,13-14,16,21,27,29H,2,4,10,12,15H2,1,3H3/b6-5-,23-7-. The zero-order valence-electron chi connectivity index (χ0n) is 17.8. The quantitative estimate of drug-likeness (QED) is 0.255. The molecule has 1 aromatic carbocycles. The first kappa shape index (κ1) is 24.1. The highest BCUT2D eigenvalue weighted by Crippen LogP contribution is 2.44. The number of thiophene rings is 1. The van der Waals surface area contributed by atoms with Crippen LogP contribution >= 0.6 is 34.7 Å². The van der Waals surface area contributed by atoms with Crippen LogP contribution in [-0.2, 0) is 5.54 Å². The van der Waals surface area contributed by atoms with E-state index in [-0.39, 0.29) is 11.1 Å². The molecule has 2 heterocycles. The Morgan fingerprint density at radius 2 is 2.29 bits per heavy atom. The predicted molar refractivity (Wildman–Crippen MR) is 130 cm³/mol. The molecule has 7 heteroatoms. The third kappa shape index (κ3) is 5.62. The molecule has 0 radical (unpaired) electrons. The molecule has 1 aliphatic heterocycles. The van der Waals surface area contributed by atoms with Gasteiger partial charge in [-0.3, -0.25) is 10.3 Å². The number of nitrogens with zero attached hydrogens (tertiary/aromatic N) is 1. The summed E-state index contributed by atoms with van der Waals surface area (Å²) in [6, 6.07) is 6.60. The number of hydrogen-bond donors (Lipinski definition) is 2. The maximum Gasteiger partial charge on any atom is 0.124 e. The molecule has 2 unspecified atom stereocenters. The molecule has 0 saturated carbocycles. The van der Waals surface area contributed by atoms with Crippen molar-refractivity contribution in [2.75, 3.05) is 13.6 Å². The van der Waals surface area contributed by atoms with Crippen LogP contribution in [0.2, 0.25) is 5.02 Å². The van der Waals surface area contributed by atoms with Gasteiger partial charge in [0, 0.05) is 17.2 Å². The lowest BCUT2D eigenvalue weighted by Crippen LogP contribution is -2.47. The summed E-state index contributed by atoms with van der Waals surface area (Å²) in [6.07, 6.45) is 8.39. The molecule has 2 aromatic rings. The summed E-state index contributed by atoms with van der Waals surface area (Å²) in [5.41, 5.74) is 2.32. The summed E-state index contributed by atoms with van der Waals surface area (Å²) in [4.78, 5) is 0.846. The second kappa shape index (κ2) is 10.8. The summed E-state index contributed by atoms with van der Waals surface area (Å²) < 4.78 is 13.5. The third-order valence-electron chi connectivity index (χ3n) is 5.37. The van der Waals surface area contributed by atoms with Gasteiger partial charge in [-0.05, 0) is 72.5 Å². The Labute approximate surface area is 197 Å². The highest BCUT2D eigenvalue weighted by Gasteiger charge is 2.41. The van der Waals surface area contributed by atoms with Crippen LogP contribution in [0.5, 0.6) is 0 Å². The zero-order valence-corrected chi connectivity index (χ0v) is 20.2. The number of benzene rings is 1. The first-order valence-corrected chi connectivity index (χ1v) is 12.4. The lowest BCUT2D eigenvalue weighted by Gasteiger charge is -2.38. The number of hydrogen-bond acceptors (Lipinski definition) is 5. The molecule has 166 valence electrons. The summed E-state index contributed by atoms with van der Waals surface area (Å²) in [5, 5.41) is 20.2. The Morgan fingerprint density at radius 3 is 2.94 bits per heavy atom. The number of thioether (sulfide) groups is 1. The molecule has 1 fully saturated rings. The van der Waals surface area contributed by atoms with Gasteiger partial charge in [0.1, 0.15) is 5.82 Å². The SMILES string of the molecule is C=C1CC(/C(=C/C=C\CC)N(C)O)(c2ccsc2)NCCC1Sc1ccc(F)cc1Cl. The van der Waals surface area contributed by atoms with E-state index in [0.717, 1.165) is 41.1 Å². The fraction of sp³-hybridized carbons (Fsp3) is 0.333. The van der Waals surface area contributed by atoms with E-state index in [0.29, 0.717) is 11.4 Å². The van der Waals surface area contributed by atoms with Gasteiger partial charge in [-0.1, -0.05) is 42.8 Å². The van der Waals surface area contributed by atoms with Crippen molar-refractivity contribution in [3.63, 3.8) is 0 Å². The van der Waals surface area contributed by atoms with Crippen molar-refractivity contribution in [2.24, 2.45) is 0 Å². The maximum absolute atomic E-state index is 13.5. The highest BCUT2D eigenvalue weighted by molar-refractivity contribution is 8.00. The van der Waals surface area contributed by atoms with Gasteiger partial charge in [-0.25, -0.2) is 4.39 Å². The van der Waals surface area contributed by atoms with Crippen LogP contribution in [0, 0.1) is 5.82 Å². The molecule has 0 bridgehead atoms. The van der Waals surface area contributed by atoms with Gasteiger partial charge >= 0.3 is 0 Å². The van der Waals surface area contributed by atoms with E-state index >= 15 is 0 Å². The van der Waals surface area contributed by atoms with Crippen LogP contribution in [0.3, 0.4) is 0 Å². The van der Waals surface area contributed by atoms with Crippen LogP contribution in [0.15, 0.2) is 76.0 Å². The molecule has 2 atom stereocenters. The fourth-order valence-electron chi connectivity index (χ4n) is 3.87. The van der Waals surface area contributed by atoms with Crippen LogP contribution < -0.4 is 5.32 Å². The van der Waals surface area contributed by atoms with Crippen LogP contribution in [0.1, 0.15) is 31.7 Å². The van der Waals surface area contributed by atoms with E-state index in [2.05, 4.69) is 36.3 Å². The van der Waals surface area contributed by atoms with E-state index in [1.807, 2.05) is 17.5 Å². The number of halogens is 2. The number of hydroxylamine groups is 2. The van der Waals surface area contributed by atoms with Crippen molar-refractivity contribution < 1.29 is 9.60 Å². The topological polar surface area (TPSA) is 35.5 Å². The maximum atomic E-state index is 13.5. The minimum absolute atomic E-state index is 0.118. The Balaban J connectivity index is 1.96. The van der Waals surface area contributed by atoms with Gasteiger partial charge < -0.3 is 5.32 Å². The Hall–Kier alpha value is -1.57. The Kier molecular flexibility index (Phi) is 8.42. The van der Waals surface area contributed by atoms with E-state index < -0.39 is 5.54 Å². The van der Waals surface area contributed by atoms with Crippen LogP contribution in [0.4, 0.5) is 4.39 Å². The van der Waals surface area contributed by atoms with E-state index in [1.165, 1.54) is 17.2 Å². The monoisotopic (exact) mass is 478 g/mol. The van der Waals surface area contributed by atoms with Gasteiger partial charge in [0.05, 0.1) is 16.3 Å². The molecular formula is C24H28ClFN2OS2. The van der Waals surface area contributed by atoms with Gasteiger partial charge in [0.25, 0.3) is 0 Å². The van der Waals surface area contributed by atoms with Gasteiger partial charge in [0.2, 0.25) is 0 Å². The number of nitrogens with one attached hydrogen (secondary N) is 1. The van der Waals surface area contributed by atoms with Crippen molar-refractivity contribution in [3.8, 4) is 0 Å². The minimum atomic E-state index is -0.597. The van der Waals surface area contributed by atoms with Gasteiger partial charge in [0.15, 0.2) is 0 Å². The van der Waals surface area contributed by atoms with Crippen LogP contribution in [-0.4, -0.2) is 29.1 Å². The average Bonchev–Trinajstić information content (AvgIpc) is 3.21. The van der Waals surface area contributed by atoms with E-state index in [9.17, 15) is 9.60 Å². The second-order valence-electron chi connectivity index (χ2n) is 7.56. The van der Waals surface area contributed by atoms with Gasteiger partial charge in [-0.15, -0.1) is 11.8 Å². The first-order chi connectivity index (χ1) is 14.9. The molecule has 1 aliphatic rings. The van der Waals surface area contributed by atoms with E-state index in [4.69, 9.17) is 11.6 Å². The molecule has 1 aromatic heterocycles. The molecule has 0 spiro atoms. The lowest BCUT2D eigenvalue weighted by molar-refractivity contribution is -0.0455. The molecule has 0 aliphatic carbocycles. The minimum Gasteiger partial charge on any atom is -0.302 e. The normalized spacial score (nSPS) is 22.7. The molecule has 3 rings (SSSR count). The van der Waals surface area contributed by atoms with Crippen molar-refractivity contribution in [1.29, 1.82) is 0 Å². The van der Waals surface area contributed by atoms with Crippen molar-refractivity contribution >= 4 is 34.7 Å². The highest BCUT2D eigenvalue weighted by atomic mass is 35.5. The zero-order chi connectivity index (χ0) is 22.4. The van der Waals surface area contributed by atoms with Crippen molar-refractivity contribution in [2.45, 2.75) is 41.9 Å². The number of allylic oxidation sites excluding steroid dienone is 3. The third-order valence-corrected chi connectivity index (χ3v) is 7.94. The largest absolute Gasteiger partial charge is 0.302 e. The summed E-state index contributed by atoms with van der Waals surface area (Å²) in [7, 11) is 1.65. The van der Waals surface area contributed by atoms with E-state index in [1.54, 1.807) is 36.2 Å². The smallest absolute Gasteiger partial charge is 0.124 e. The number of rotatable bonds is 7. The summed E-state index contributed by atoms with van der Waals surface area (Å²) in [5.74, 6) is -0.340. The molecule has 3 nitrogen and oxygen atoms in total. The Bertz CT molecular complexity index is 958. The molecule has 1 saturated heterocycles. The molecule has 31 heavy (non-hydrogen) atoms. The van der Waals surface area contributed by atoms with Crippen molar-refractivity contribution in [3.05, 3.63) is 87.5 Å². The summed E-state index contributed by atoms with van der Waals surface area (Å²) >= 11 is 9.52. The fourth-order valence-corrected chi connectivity index (χ4v) is 6.01. The van der Waals surface area contributed by atoms with Crippen LogP contribution in [0.25, 0.3) is 0 Å². The van der Waals surface area contributed by atoms with Gasteiger partial charge in [-0.2, -0.15) is 11.3 Å². The van der Waals surface area contributed by atoms with Crippen molar-refractivity contribution in [1.82, 2.24) is 10.4 Å². The number of likely N-dealkylation sites (N-methyl/N-ethyl adjacent to an activating group) is 1. The Morgan fingerprint density at radius 1 is 1.48 bits per heavy atom. The molecule has 0 amide bonds. The molecule has 2 N–H and O–H groups in total. The summed E-state index contributed by atoms with van der Waals surface area (Å²) in [6.45, 7) is 7.23.